The first-order chi connectivity index (χ1) is 6.18. The van der Waals surface area contributed by atoms with Gasteiger partial charge in [-0.25, -0.2) is 0 Å². The van der Waals surface area contributed by atoms with Crippen molar-refractivity contribution in [3.05, 3.63) is 41.1 Å². The molecule has 1 nitrogen and oxygen atoms in total. The molecule has 0 atom stereocenters. The monoisotopic (exact) mass is 171 g/mol. The third-order valence-corrected chi connectivity index (χ3v) is 2.54. The van der Waals surface area contributed by atoms with E-state index in [1.54, 1.807) is 0 Å². The zero-order chi connectivity index (χ0) is 9.42. The highest BCUT2D eigenvalue weighted by molar-refractivity contribution is 5.83. The van der Waals surface area contributed by atoms with E-state index >= 15 is 0 Å². The molecule has 0 radical (unpaired) electrons. The van der Waals surface area contributed by atoms with Gasteiger partial charge in [0.1, 0.15) is 0 Å². The lowest BCUT2D eigenvalue weighted by molar-refractivity contribution is 1.27. The molecule has 2 rings (SSSR count). The third kappa shape index (κ3) is 1.31. The van der Waals surface area contributed by atoms with Crippen molar-refractivity contribution in [2.75, 3.05) is 0 Å². The smallest absolute Gasteiger partial charge is 0.0705 e. The SMILES string of the molecule is Cc1ccc2ncc(C)c(C)c2c1. The second kappa shape index (κ2) is 2.84. The van der Waals surface area contributed by atoms with Gasteiger partial charge in [-0.15, -0.1) is 0 Å². The quantitative estimate of drug-likeness (QED) is 0.593. The van der Waals surface area contributed by atoms with Crippen molar-refractivity contribution >= 4 is 10.9 Å². The predicted octanol–water partition coefficient (Wildman–Crippen LogP) is 3.16. The summed E-state index contributed by atoms with van der Waals surface area (Å²) in [5, 5.41) is 1.28. The summed E-state index contributed by atoms with van der Waals surface area (Å²) in [5.41, 5.74) is 4.99. The molecule has 0 amide bonds. The van der Waals surface area contributed by atoms with Crippen LogP contribution in [0.25, 0.3) is 10.9 Å². The van der Waals surface area contributed by atoms with Gasteiger partial charge in [0, 0.05) is 11.6 Å². The van der Waals surface area contributed by atoms with E-state index in [1.807, 2.05) is 6.20 Å². The standard InChI is InChI=1S/C12H13N/c1-8-4-5-12-11(6-8)10(3)9(2)7-13-12/h4-7H,1-3H3. The number of aromatic nitrogens is 1. The van der Waals surface area contributed by atoms with Gasteiger partial charge < -0.3 is 0 Å². The maximum atomic E-state index is 4.38. The number of rotatable bonds is 0. The number of aryl methyl sites for hydroxylation is 3. The van der Waals surface area contributed by atoms with Gasteiger partial charge in [-0.3, -0.25) is 4.98 Å². The van der Waals surface area contributed by atoms with E-state index in [0.717, 1.165) is 5.52 Å². The van der Waals surface area contributed by atoms with Crippen LogP contribution in [0.5, 0.6) is 0 Å². The molecule has 0 spiro atoms. The Morgan fingerprint density at radius 2 is 1.85 bits per heavy atom. The Balaban J connectivity index is 2.89. The maximum Gasteiger partial charge on any atom is 0.0705 e. The van der Waals surface area contributed by atoms with Crippen LogP contribution in [0.2, 0.25) is 0 Å². The van der Waals surface area contributed by atoms with Crippen molar-refractivity contribution in [3.63, 3.8) is 0 Å². The van der Waals surface area contributed by atoms with E-state index in [0.29, 0.717) is 0 Å². The zero-order valence-electron chi connectivity index (χ0n) is 8.26. The molecule has 0 saturated heterocycles. The first-order valence-electron chi connectivity index (χ1n) is 4.51. The van der Waals surface area contributed by atoms with Gasteiger partial charge in [-0.1, -0.05) is 11.6 Å². The number of nitrogens with zero attached hydrogens (tertiary/aromatic N) is 1. The van der Waals surface area contributed by atoms with E-state index in [2.05, 4.69) is 44.0 Å². The number of hydrogen-bond acceptors (Lipinski definition) is 1. The highest BCUT2D eigenvalue weighted by Gasteiger charge is 2.00. The van der Waals surface area contributed by atoms with E-state index < -0.39 is 0 Å². The summed E-state index contributed by atoms with van der Waals surface area (Å²) in [4.78, 5) is 4.38. The largest absolute Gasteiger partial charge is 0.256 e. The Bertz CT molecular complexity index is 453. The summed E-state index contributed by atoms with van der Waals surface area (Å²) in [6, 6.07) is 6.38. The Kier molecular flexibility index (Phi) is 1.80. The Labute approximate surface area is 78.4 Å². The molecule has 1 aromatic carbocycles. The number of benzene rings is 1. The Morgan fingerprint density at radius 3 is 2.62 bits per heavy atom. The minimum atomic E-state index is 1.09. The molecule has 0 aliphatic rings. The van der Waals surface area contributed by atoms with Crippen molar-refractivity contribution < 1.29 is 0 Å². The molecule has 2 aromatic rings. The fourth-order valence-electron chi connectivity index (χ4n) is 1.54. The molecular weight excluding hydrogens is 158 g/mol. The highest BCUT2D eigenvalue weighted by atomic mass is 14.6. The molecular formula is C12H13N. The molecule has 0 aliphatic carbocycles. The van der Waals surface area contributed by atoms with Gasteiger partial charge in [0.25, 0.3) is 0 Å². The van der Waals surface area contributed by atoms with Gasteiger partial charge in [-0.05, 0) is 44.0 Å². The summed E-state index contributed by atoms with van der Waals surface area (Å²) in [7, 11) is 0. The minimum Gasteiger partial charge on any atom is -0.256 e. The first kappa shape index (κ1) is 8.24. The van der Waals surface area contributed by atoms with Crippen LogP contribution in [0.15, 0.2) is 24.4 Å². The van der Waals surface area contributed by atoms with Crippen LogP contribution < -0.4 is 0 Å². The molecule has 1 heterocycles. The predicted molar refractivity (Wildman–Crippen MR) is 56.0 cm³/mol. The Hall–Kier alpha value is -1.37. The molecule has 0 fully saturated rings. The second-order valence-electron chi connectivity index (χ2n) is 3.59. The lowest BCUT2D eigenvalue weighted by Gasteiger charge is -2.05. The fraction of sp³-hybridized carbons (Fsp3) is 0.250. The van der Waals surface area contributed by atoms with Gasteiger partial charge >= 0.3 is 0 Å². The lowest BCUT2D eigenvalue weighted by atomic mass is 10.0. The van der Waals surface area contributed by atoms with Crippen LogP contribution >= 0.6 is 0 Å². The fourth-order valence-corrected chi connectivity index (χ4v) is 1.54. The van der Waals surface area contributed by atoms with Crippen LogP contribution in [-0.4, -0.2) is 4.98 Å². The van der Waals surface area contributed by atoms with E-state index in [-0.39, 0.29) is 0 Å². The third-order valence-electron chi connectivity index (χ3n) is 2.54. The maximum absolute atomic E-state index is 4.38. The molecule has 1 aromatic heterocycles. The molecule has 0 N–H and O–H groups in total. The van der Waals surface area contributed by atoms with Gasteiger partial charge in [0.2, 0.25) is 0 Å². The molecule has 13 heavy (non-hydrogen) atoms. The highest BCUT2D eigenvalue weighted by Crippen LogP contribution is 2.19. The summed E-state index contributed by atoms with van der Waals surface area (Å²) < 4.78 is 0. The van der Waals surface area contributed by atoms with Crippen LogP contribution in [0.4, 0.5) is 0 Å². The van der Waals surface area contributed by atoms with Crippen molar-refractivity contribution in [2.24, 2.45) is 0 Å². The molecule has 0 unspecified atom stereocenters. The normalized spacial score (nSPS) is 10.7. The summed E-state index contributed by atoms with van der Waals surface area (Å²) in [6.45, 7) is 6.37. The number of fused-ring (bicyclic) bond motifs is 1. The van der Waals surface area contributed by atoms with E-state index in [9.17, 15) is 0 Å². The van der Waals surface area contributed by atoms with Gasteiger partial charge in [-0.2, -0.15) is 0 Å². The van der Waals surface area contributed by atoms with Crippen molar-refractivity contribution in [3.8, 4) is 0 Å². The minimum absolute atomic E-state index is 1.09. The molecule has 0 bridgehead atoms. The lowest BCUT2D eigenvalue weighted by Crippen LogP contribution is -1.87. The second-order valence-corrected chi connectivity index (χ2v) is 3.59. The average Bonchev–Trinajstić information content (AvgIpc) is 2.12. The molecule has 1 heteroatoms. The van der Waals surface area contributed by atoms with Gasteiger partial charge in [0.05, 0.1) is 5.52 Å². The van der Waals surface area contributed by atoms with Crippen LogP contribution in [0.1, 0.15) is 16.7 Å². The topological polar surface area (TPSA) is 12.9 Å². The van der Waals surface area contributed by atoms with E-state index in [4.69, 9.17) is 0 Å². The summed E-state index contributed by atoms with van der Waals surface area (Å²) >= 11 is 0. The van der Waals surface area contributed by atoms with Crippen molar-refractivity contribution in [1.29, 1.82) is 0 Å². The Morgan fingerprint density at radius 1 is 1.08 bits per heavy atom. The molecule has 0 saturated carbocycles. The molecule has 66 valence electrons. The average molecular weight is 171 g/mol. The van der Waals surface area contributed by atoms with Crippen molar-refractivity contribution in [2.45, 2.75) is 20.8 Å². The van der Waals surface area contributed by atoms with Crippen LogP contribution in [0.3, 0.4) is 0 Å². The van der Waals surface area contributed by atoms with Gasteiger partial charge in [0.15, 0.2) is 0 Å². The summed E-state index contributed by atoms with van der Waals surface area (Å²) in [5.74, 6) is 0. The number of hydrogen-bond donors (Lipinski definition) is 0. The zero-order valence-corrected chi connectivity index (χ0v) is 8.26. The van der Waals surface area contributed by atoms with E-state index in [1.165, 1.54) is 22.1 Å². The first-order valence-corrected chi connectivity index (χ1v) is 4.51. The summed E-state index contributed by atoms with van der Waals surface area (Å²) in [6.07, 6.45) is 1.94. The molecule has 0 aliphatic heterocycles. The van der Waals surface area contributed by atoms with Crippen LogP contribution in [-0.2, 0) is 0 Å². The number of pyridine rings is 1. The van der Waals surface area contributed by atoms with Crippen molar-refractivity contribution in [1.82, 2.24) is 4.98 Å². The van der Waals surface area contributed by atoms with Crippen LogP contribution in [0, 0.1) is 20.8 Å².